The van der Waals surface area contributed by atoms with E-state index in [2.05, 4.69) is 9.80 Å². The van der Waals surface area contributed by atoms with Gasteiger partial charge in [-0.05, 0) is 37.3 Å². The maximum Gasteiger partial charge on any atom is 0.223 e. The number of nitrogens with zero attached hydrogens (tertiary/aromatic N) is 2. The predicted octanol–water partition coefficient (Wildman–Crippen LogP) is 2.13. The molecule has 1 aliphatic carbocycles. The minimum absolute atomic E-state index is 0.270. The van der Waals surface area contributed by atoms with Gasteiger partial charge in [-0.3, -0.25) is 9.69 Å². The lowest BCUT2D eigenvalue weighted by atomic mass is 9.88. The van der Waals surface area contributed by atoms with Crippen molar-refractivity contribution in [1.29, 1.82) is 0 Å². The first-order valence-electron chi connectivity index (χ1n) is 8.81. The minimum Gasteiger partial charge on any atom is -0.468 e. The fourth-order valence-corrected chi connectivity index (χ4v) is 4.28. The lowest BCUT2D eigenvalue weighted by Crippen LogP contribution is -2.53. The normalized spacial score (nSPS) is 31.3. The fraction of sp³-hybridized carbons (Fsp3) is 0.722. The van der Waals surface area contributed by atoms with Crippen LogP contribution in [0.1, 0.15) is 31.4 Å². The zero-order valence-corrected chi connectivity index (χ0v) is 13.8. The molecule has 2 saturated heterocycles. The van der Waals surface area contributed by atoms with E-state index in [1.165, 1.54) is 12.8 Å². The van der Waals surface area contributed by atoms with E-state index in [-0.39, 0.29) is 6.10 Å². The highest BCUT2D eigenvalue weighted by atomic mass is 16.5. The highest BCUT2D eigenvalue weighted by molar-refractivity contribution is 5.77. The number of furan rings is 1. The SMILES string of the molecule is CO[C@@H]1CCN(C(=O)CC2CC2)[C@H]2CN(Cc3ccco3)C[C@@H]12. The molecule has 0 spiro atoms. The molecule has 0 bridgehead atoms. The van der Waals surface area contributed by atoms with E-state index in [1.54, 1.807) is 13.4 Å². The molecule has 1 amide bonds. The third kappa shape index (κ3) is 3.17. The lowest BCUT2D eigenvalue weighted by molar-refractivity contribution is -0.139. The fourth-order valence-electron chi connectivity index (χ4n) is 4.28. The van der Waals surface area contributed by atoms with Gasteiger partial charge in [0.15, 0.2) is 0 Å². The predicted molar refractivity (Wildman–Crippen MR) is 85.7 cm³/mol. The molecular weight excluding hydrogens is 292 g/mol. The van der Waals surface area contributed by atoms with Gasteiger partial charge in [0.2, 0.25) is 5.91 Å². The van der Waals surface area contributed by atoms with E-state index in [1.807, 2.05) is 12.1 Å². The van der Waals surface area contributed by atoms with E-state index in [0.29, 0.717) is 23.8 Å². The van der Waals surface area contributed by atoms with Gasteiger partial charge in [-0.25, -0.2) is 0 Å². The summed E-state index contributed by atoms with van der Waals surface area (Å²) in [7, 11) is 1.80. The number of rotatable bonds is 5. The molecule has 0 aromatic carbocycles. The highest BCUT2D eigenvalue weighted by Gasteiger charge is 2.46. The molecule has 23 heavy (non-hydrogen) atoms. The van der Waals surface area contributed by atoms with Gasteiger partial charge >= 0.3 is 0 Å². The highest BCUT2D eigenvalue weighted by Crippen LogP contribution is 2.37. The number of piperidine rings is 1. The van der Waals surface area contributed by atoms with Crippen LogP contribution >= 0.6 is 0 Å². The molecule has 1 saturated carbocycles. The van der Waals surface area contributed by atoms with E-state index in [9.17, 15) is 4.79 Å². The Bertz CT molecular complexity index is 540. The number of methoxy groups -OCH3 is 1. The van der Waals surface area contributed by atoms with Crippen LogP contribution < -0.4 is 0 Å². The Morgan fingerprint density at radius 1 is 1.35 bits per heavy atom. The van der Waals surface area contributed by atoms with Gasteiger partial charge in [0, 0.05) is 39.1 Å². The Morgan fingerprint density at radius 2 is 2.22 bits per heavy atom. The maximum absolute atomic E-state index is 12.7. The van der Waals surface area contributed by atoms with Crippen molar-refractivity contribution < 1.29 is 13.9 Å². The van der Waals surface area contributed by atoms with E-state index >= 15 is 0 Å². The Balaban J connectivity index is 1.45. The Morgan fingerprint density at radius 3 is 2.91 bits per heavy atom. The van der Waals surface area contributed by atoms with Gasteiger partial charge in [-0.2, -0.15) is 0 Å². The van der Waals surface area contributed by atoms with Gasteiger partial charge < -0.3 is 14.1 Å². The number of carbonyl (C=O) groups excluding carboxylic acids is 1. The third-order valence-electron chi connectivity index (χ3n) is 5.68. The van der Waals surface area contributed by atoms with Crippen molar-refractivity contribution in [2.75, 3.05) is 26.7 Å². The van der Waals surface area contributed by atoms with E-state index in [4.69, 9.17) is 9.15 Å². The molecule has 1 aromatic rings. The van der Waals surface area contributed by atoms with E-state index < -0.39 is 0 Å². The number of amides is 1. The number of fused-ring (bicyclic) bond motifs is 1. The summed E-state index contributed by atoms with van der Waals surface area (Å²) in [6.07, 6.45) is 6.17. The summed E-state index contributed by atoms with van der Waals surface area (Å²) in [5, 5.41) is 0. The van der Waals surface area contributed by atoms with Gasteiger partial charge in [0.05, 0.1) is 25.0 Å². The molecule has 0 unspecified atom stereocenters. The smallest absolute Gasteiger partial charge is 0.223 e. The van der Waals surface area contributed by atoms with Crippen molar-refractivity contribution in [3.63, 3.8) is 0 Å². The summed E-state index contributed by atoms with van der Waals surface area (Å²) >= 11 is 0. The first-order valence-corrected chi connectivity index (χ1v) is 8.81. The van der Waals surface area contributed by atoms with Gasteiger partial charge in [-0.15, -0.1) is 0 Å². The minimum atomic E-state index is 0.270. The quantitative estimate of drug-likeness (QED) is 0.834. The van der Waals surface area contributed by atoms with Crippen LogP contribution in [0.4, 0.5) is 0 Å². The molecule has 126 valence electrons. The first-order chi connectivity index (χ1) is 11.2. The molecule has 2 aliphatic heterocycles. The van der Waals surface area contributed by atoms with Crippen LogP contribution in [0, 0.1) is 11.8 Å². The van der Waals surface area contributed by atoms with Crippen LogP contribution in [0.5, 0.6) is 0 Å². The second-order valence-electron chi connectivity index (χ2n) is 7.30. The molecule has 3 aliphatic rings. The number of likely N-dealkylation sites (tertiary alicyclic amines) is 2. The summed E-state index contributed by atoms with van der Waals surface area (Å²) in [4.78, 5) is 17.2. The number of ether oxygens (including phenoxy) is 1. The van der Waals surface area contributed by atoms with Crippen LogP contribution in [0.25, 0.3) is 0 Å². The average Bonchev–Trinajstić information content (AvgIpc) is 3.04. The number of hydrogen-bond acceptors (Lipinski definition) is 4. The number of hydrogen-bond donors (Lipinski definition) is 0. The standard InChI is InChI=1S/C18H26N2O3/c1-22-17-6-7-20(18(21)9-13-4-5-13)16-12-19(11-15(16)17)10-14-3-2-8-23-14/h2-3,8,13,15-17H,4-7,9-12H2,1H3/t15-,16+,17-/m1/s1. The summed E-state index contributed by atoms with van der Waals surface area (Å²) in [5.41, 5.74) is 0. The summed E-state index contributed by atoms with van der Waals surface area (Å²) in [6.45, 7) is 3.58. The topological polar surface area (TPSA) is 45.9 Å². The van der Waals surface area contributed by atoms with Gasteiger partial charge in [-0.1, -0.05) is 0 Å². The zero-order chi connectivity index (χ0) is 15.8. The van der Waals surface area contributed by atoms with Crippen molar-refractivity contribution in [3.05, 3.63) is 24.2 Å². The second-order valence-corrected chi connectivity index (χ2v) is 7.30. The molecule has 3 fully saturated rings. The molecular formula is C18H26N2O3. The van der Waals surface area contributed by atoms with Crippen molar-refractivity contribution in [2.24, 2.45) is 11.8 Å². The second kappa shape index (κ2) is 6.29. The monoisotopic (exact) mass is 318 g/mol. The van der Waals surface area contributed by atoms with Crippen molar-refractivity contribution in [2.45, 2.75) is 44.4 Å². The van der Waals surface area contributed by atoms with Crippen LogP contribution in [-0.4, -0.2) is 54.6 Å². The van der Waals surface area contributed by atoms with Crippen LogP contribution in [0.3, 0.4) is 0 Å². The average molecular weight is 318 g/mol. The van der Waals surface area contributed by atoms with Crippen LogP contribution in [-0.2, 0) is 16.1 Å². The van der Waals surface area contributed by atoms with Crippen molar-refractivity contribution in [1.82, 2.24) is 9.80 Å². The largest absolute Gasteiger partial charge is 0.468 e. The van der Waals surface area contributed by atoms with E-state index in [0.717, 1.165) is 44.8 Å². The summed E-state index contributed by atoms with van der Waals surface area (Å²) in [6, 6.07) is 4.25. The lowest BCUT2D eigenvalue weighted by Gasteiger charge is -2.41. The third-order valence-corrected chi connectivity index (χ3v) is 5.68. The zero-order valence-electron chi connectivity index (χ0n) is 13.8. The van der Waals surface area contributed by atoms with Gasteiger partial charge in [0.25, 0.3) is 0 Å². The maximum atomic E-state index is 12.7. The number of carbonyl (C=O) groups is 1. The first kappa shape index (κ1) is 15.2. The molecule has 4 rings (SSSR count). The molecule has 0 radical (unpaired) electrons. The van der Waals surface area contributed by atoms with Crippen molar-refractivity contribution >= 4 is 5.91 Å². The molecule has 0 N–H and O–H groups in total. The van der Waals surface area contributed by atoms with Crippen LogP contribution in [0.2, 0.25) is 0 Å². The van der Waals surface area contributed by atoms with Crippen LogP contribution in [0.15, 0.2) is 22.8 Å². The summed E-state index contributed by atoms with van der Waals surface area (Å²) in [5.74, 6) is 2.43. The molecule has 5 heteroatoms. The summed E-state index contributed by atoms with van der Waals surface area (Å²) < 4.78 is 11.2. The molecule has 3 atom stereocenters. The van der Waals surface area contributed by atoms with Crippen molar-refractivity contribution in [3.8, 4) is 0 Å². The molecule has 3 heterocycles. The molecule has 1 aromatic heterocycles. The Kier molecular flexibility index (Phi) is 4.16. The molecule has 5 nitrogen and oxygen atoms in total. The Labute approximate surface area is 137 Å². The Hall–Kier alpha value is -1.33. The van der Waals surface area contributed by atoms with Gasteiger partial charge in [0.1, 0.15) is 5.76 Å².